The quantitative estimate of drug-likeness (QED) is 0.144. The summed E-state index contributed by atoms with van der Waals surface area (Å²) in [6.45, 7) is 5.77. The Labute approximate surface area is 214 Å². The average molecular weight is 463 g/mol. The summed E-state index contributed by atoms with van der Waals surface area (Å²) in [6.07, 6.45) is 13.4. The molecule has 2 heteroatoms. The maximum absolute atomic E-state index is 2.33. The van der Waals surface area contributed by atoms with Crippen LogP contribution in [0.4, 0.5) is 0 Å². The Morgan fingerprint density at radius 3 is 1.63 bits per heavy atom. The van der Waals surface area contributed by atoms with E-state index < -0.39 is 0 Å². The van der Waals surface area contributed by atoms with E-state index in [4.69, 9.17) is 0 Å². The highest BCUT2D eigenvalue weighted by Crippen LogP contribution is 2.10. The smallest absolute Gasteiger partial charge is 0.205 e. The van der Waals surface area contributed by atoms with Crippen molar-refractivity contribution in [3.63, 3.8) is 0 Å². The largest absolute Gasteiger partial charge is 0.241 e. The average Bonchev–Trinajstić information content (AvgIpc) is 2.93. The van der Waals surface area contributed by atoms with Crippen LogP contribution in [0, 0.1) is 0 Å². The van der Waals surface area contributed by atoms with Crippen molar-refractivity contribution in [3.8, 4) is 0 Å². The summed E-state index contributed by atoms with van der Waals surface area (Å²) in [5, 5.41) is 0. The molecule has 0 saturated heterocycles. The molecule has 0 aliphatic heterocycles. The minimum Gasteiger partial charge on any atom is -0.205 e. The predicted molar refractivity (Wildman–Crippen MR) is 153 cm³/mol. The van der Waals surface area contributed by atoms with E-state index in [2.05, 4.69) is 116 Å². The van der Waals surface area contributed by atoms with Crippen molar-refractivity contribution in [3.05, 3.63) is 121 Å². The lowest BCUT2D eigenvalue weighted by Crippen LogP contribution is -2.53. The van der Waals surface area contributed by atoms with Crippen molar-refractivity contribution in [2.45, 2.75) is 65.3 Å². The molecule has 4 rings (SSSR count). The van der Waals surface area contributed by atoms with Gasteiger partial charge >= 0.3 is 0 Å². The number of nitrogens with zero attached hydrogens (tertiary/aromatic N) is 1. The Hall–Kier alpha value is -3.13. The third-order valence-corrected chi connectivity index (χ3v) is 6.57. The Morgan fingerprint density at radius 2 is 1.06 bits per heavy atom. The van der Waals surface area contributed by atoms with E-state index in [1.54, 1.807) is 0 Å². The minimum absolute atomic E-state index is 0.309. The van der Waals surface area contributed by atoms with E-state index >= 15 is 0 Å². The molecule has 0 N–H and O–H groups in total. The van der Waals surface area contributed by atoms with Crippen molar-refractivity contribution in [1.82, 2.24) is 0 Å². The molecule has 0 saturated carbocycles. The second-order valence-electron chi connectivity index (χ2n) is 9.18. The van der Waals surface area contributed by atoms with Crippen LogP contribution in [0.25, 0.3) is 0 Å². The molecule has 0 bridgehead atoms. The van der Waals surface area contributed by atoms with Crippen molar-refractivity contribution in [2.24, 2.45) is 0 Å². The fraction of sp³-hybridized carbons (Fsp3) is 0.303. The lowest BCUT2D eigenvalue weighted by atomic mass is 9.36. The molecule has 0 atom stereocenters. The van der Waals surface area contributed by atoms with E-state index in [0.29, 0.717) is 6.71 Å². The Bertz CT molecular complexity index is 1020. The van der Waals surface area contributed by atoms with Gasteiger partial charge in [0, 0.05) is 12.1 Å². The van der Waals surface area contributed by atoms with Crippen LogP contribution in [-0.4, -0.2) is 6.71 Å². The molecule has 1 nitrogen and oxygen atoms in total. The van der Waals surface area contributed by atoms with Gasteiger partial charge in [0.1, 0.15) is 6.54 Å². The molecule has 4 aromatic rings. The third kappa shape index (κ3) is 8.87. The zero-order valence-electron chi connectivity index (χ0n) is 21.7. The molecule has 1 aromatic heterocycles. The van der Waals surface area contributed by atoms with Crippen LogP contribution in [0.15, 0.2) is 116 Å². The van der Waals surface area contributed by atoms with Crippen molar-refractivity contribution in [2.75, 3.05) is 0 Å². The second kappa shape index (κ2) is 15.7. The van der Waals surface area contributed by atoms with Gasteiger partial charge in [0.2, 0.25) is 6.71 Å². The van der Waals surface area contributed by atoms with Crippen LogP contribution in [0.1, 0.15) is 57.9 Å². The van der Waals surface area contributed by atoms with Crippen molar-refractivity contribution < 1.29 is 4.57 Å². The first-order chi connectivity index (χ1) is 17.3. The van der Waals surface area contributed by atoms with Gasteiger partial charge in [0.15, 0.2) is 12.4 Å². The summed E-state index contributed by atoms with van der Waals surface area (Å²) < 4.78 is 2.12. The molecular weight excluding hydrogens is 421 g/mol. The first kappa shape index (κ1) is 26.5. The second-order valence-corrected chi connectivity index (χ2v) is 9.18. The summed E-state index contributed by atoms with van der Waals surface area (Å²) in [4.78, 5) is 0. The van der Waals surface area contributed by atoms with E-state index in [0.717, 1.165) is 6.54 Å². The number of hydrogen-bond donors (Lipinski definition) is 0. The number of rotatable bonds is 11. The molecule has 3 aromatic carbocycles. The summed E-state index contributed by atoms with van der Waals surface area (Å²) >= 11 is 0. The first-order valence-electron chi connectivity index (χ1n) is 13.4. The number of benzene rings is 3. The molecule has 0 aliphatic carbocycles. The van der Waals surface area contributed by atoms with Crippen LogP contribution < -0.4 is 21.0 Å². The Balaban J connectivity index is 0.000000363. The van der Waals surface area contributed by atoms with Gasteiger partial charge in [0.25, 0.3) is 0 Å². The molecule has 0 amide bonds. The summed E-state index contributed by atoms with van der Waals surface area (Å²) in [5.41, 5.74) is 5.72. The molecule has 1 heterocycles. The van der Waals surface area contributed by atoms with Crippen LogP contribution in [0.5, 0.6) is 0 Å². The van der Waals surface area contributed by atoms with E-state index in [1.165, 1.54) is 66.9 Å². The Morgan fingerprint density at radius 1 is 0.543 bits per heavy atom. The fourth-order valence-corrected chi connectivity index (χ4v) is 4.63. The molecule has 0 aliphatic rings. The summed E-state index contributed by atoms with van der Waals surface area (Å²) in [6, 6.07) is 37.0. The zero-order chi connectivity index (χ0) is 24.6. The number of unbranched alkanes of at least 4 members (excludes halogenated alkanes) is 5. The van der Waals surface area contributed by atoms with Gasteiger partial charge in [-0.3, -0.25) is 0 Å². The number of aromatic nitrogens is 1. The SMILES string of the molecule is CCCCCCCCc1ccccc1B(c1ccccc1)c1ccccc1.CC[n+]1ccccc1. The number of pyridine rings is 1. The highest BCUT2D eigenvalue weighted by atomic mass is 14.9. The normalized spacial score (nSPS) is 10.3. The van der Waals surface area contributed by atoms with Gasteiger partial charge in [-0.2, -0.15) is 0 Å². The molecule has 180 valence electrons. The lowest BCUT2D eigenvalue weighted by Gasteiger charge is -2.19. The summed E-state index contributed by atoms with van der Waals surface area (Å²) in [5.74, 6) is 0. The molecule has 0 radical (unpaired) electrons. The van der Waals surface area contributed by atoms with Crippen LogP contribution in [0.2, 0.25) is 0 Å². The van der Waals surface area contributed by atoms with E-state index in [9.17, 15) is 0 Å². The molecule has 35 heavy (non-hydrogen) atoms. The van der Waals surface area contributed by atoms with Gasteiger partial charge in [-0.05, 0) is 19.8 Å². The van der Waals surface area contributed by atoms with Gasteiger partial charge < -0.3 is 0 Å². The first-order valence-corrected chi connectivity index (χ1v) is 13.4. The van der Waals surface area contributed by atoms with Gasteiger partial charge in [-0.25, -0.2) is 4.57 Å². The van der Waals surface area contributed by atoms with Crippen molar-refractivity contribution >= 4 is 23.1 Å². The predicted octanol–water partition coefficient (Wildman–Crippen LogP) is 6.10. The molecular formula is C33H41BN+. The van der Waals surface area contributed by atoms with Crippen molar-refractivity contribution in [1.29, 1.82) is 0 Å². The molecule has 0 spiro atoms. The highest BCUT2D eigenvalue weighted by molar-refractivity contribution is 6.95. The monoisotopic (exact) mass is 462 g/mol. The highest BCUT2D eigenvalue weighted by Gasteiger charge is 2.23. The lowest BCUT2D eigenvalue weighted by molar-refractivity contribution is -0.693. The van der Waals surface area contributed by atoms with Crippen LogP contribution >= 0.6 is 0 Å². The van der Waals surface area contributed by atoms with E-state index in [-0.39, 0.29) is 0 Å². The Kier molecular flexibility index (Phi) is 11.9. The van der Waals surface area contributed by atoms with Gasteiger partial charge in [0.05, 0.1) is 0 Å². The minimum atomic E-state index is 0.309. The van der Waals surface area contributed by atoms with Crippen LogP contribution in [-0.2, 0) is 13.0 Å². The van der Waals surface area contributed by atoms with E-state index in [1.807, 2.05) is 18.2 Å². The maximum Gasteiger partial charge on any atom is 0.241 e. The standard InChI is InChI=1S/C26H31B.C7H10N/c1-2-3-4-5-6-9-16-23-17-14-15-22-26(23)27(24-18-10-7-11-19-24)25-20-12-8-13-21-25;1-2-8-6-4-3-5-7-8/h7-8,10-15,17-22H,2-6,9,16H2,1H3;3-7H,2H2,1H3/q;+1. The fourth-order valence-electron chi connectivity index (χ4n) is 4.63. The van der Waals surface area contributed by atoms with Gasteiger partial charge in [-0.15, -0.1) is 0 Å². The maximum atomic E-state index is 2.33. The van der Waals surface area contributed by atoms with Crippen LogP contribution in [0.3, 0.4) is 0 Å². The topological polar surface area (TPSA) is 3.88 Å². The summed E-state index contributed by atoms with van der Waals surface area (Å²) in [7, 11) is 0. The zero-order valence-corrected chi connectivity index (χ0v) is 21.7. The third-order valence-electron chi connectivity index (χ3n) is 6.57. The molecule has 0 unspecified atom stereocenters. The number of hydrogen-bond acceptors (Lipinski definition) is 0. The molecule has 0 fully saturated rings. The number of aryl methyl sites for hydroxylation is 2. The van der Waals surface area contributed by atoms with Gasteiger partial charge in [-0.1, -0.05) is 152 Å².